The number of rotatable bonds is 4. The van der Waals surface area contributed by atoms with Crippen LogP contribution >= 0.6 is 0 Å². The molecular formula is C16H12FN7O. The average molecular weight is 337 g/mol. The third kappa shape index (κ3) is 3.20. The molecule has 0 saturated heterocycles. The molecule has 3 heterocycles. The van der Waals surface area contributed by atoms with Gasteiger partial charge in [0, 0.05) is 37.6 Å². The standard InChI is InChI=1S/C16H12FN7O/c1-23-6-4-15(20-23)16-19-22-24(21-16)12-7-11(17)8-14(9-12)25-13-3-2-5-18-10-13/h2-10H,1H3. The van der Waals surface area contributed by atoms with Crippen LogP contribution < -0.4 is 4.74 Å². The van der Waals surface area contributed by atoms with Gasteiger partial charge in [0.1, 0.15) is 23.0 Å². The predicted molar refractivity (Wildman–Crippen MR) is 85.6 cm³/mol. The van der Waals surface area contributed by atoms with Crippen LogP contribution in [0.4, 0.5) is 4.39 Å². The average Bonchev–Trinajstić information content (AvgIpc) is 3.24. The fourth-order valence-corrected chi connectivity index (χ4v) is 2.23. The quantitative estimate of drug-likeness (QED) is 0.568. The van der Waals surface area contributed by atoms with E-state index in [1.54, 1.807) is 48.4 Å². The van der Waals surface area contributed by atoms with Crippen molar-refractivity contribution < 1.29 is 9.13 Å². The number of hydrogen-bond donors (Lipinski definition) is 0. The van der Waals surface area contributed by atoms with E-state index in [1.807, 2.05) is 0 Å². The van der Waals surface area contributed by atoms with Gasteiger partial charge in [-0.25, -0.2) is 4.39 Å². The molecule has 0 N–H and O–H groups in total. The van der Waals surface area contributed by atoms with Gasteiger partial charge in [0.2, 0.25) is 5.82 Å². The first-order chi connectivity index (χ1) is 12.2. The van der Waals surface area contributed by atoms with E-state index in [0.717, 1.165) is 0 Å². The summed E-state index contributed by atoms with van der Waals surface area (Å²) in [6.07, 6.45) is 4.94. The maximum atomic E-state index is 13.9. The largest absolute Gasteiger partial charge is 0.456 e. The summed E-state index contributed by atoms with van der Waals surface area (Å²) in [5, 5.41) is 16.4. The number of halogens is 1. The van der Waals surface area contributed by atoms with E-state index in [0.29, 0.717) is 28.7 Å². The van der Waals surface area contributed by atoms with Crippen LogP contribution in [-0.2, 0) is 7.05 Å². The van der Waals surface area contributed by atoms with Gasteiger partial charge in [-0.05, 0) is 23.4 Å². The fraction of sp³-hybridized carbons (Fsp3) is 0.0625. The van der Waals surface area contributed by atoms with Crippen LogP contribution in [-0.4, -0.2) is 35.0 Å². The number of tetrazole rings is 1. The third-order valence-corrected chi connectivity index (χ3v) is 3.31. The molecule has 0 aliphatic carbocycles. The van der Waals surface area contributed by atoms with Crippen LogP contribution in [0.2, 0.25) is 0 Å². The molecule has 0 aliphatic heterocycles. The highest BCUT2D eigenvalue weighted by Gasteiger charge is 2.12. The molecule has 8 nitrogen and oxygen atoms in total. The van der Waals surface area contributed by atoms with Crippen LogP contribution in [0.1, 0.15) is 0 Å². The Labute approximate surface area is 141 Å². The monoisotopic (exact) mass is 337 g/mol. The smallest absolute Gasteiger partial charge is 0.225 e. The number of hydrogen-bond acceptors (Lipinski definition) is 6. The summed E-state index contributed by atoms with van der Waals surface area (Å²) >= 11 is 0. The van der Waals surface area contributed by atoms with Crippen molar-refractivity contribution in [1.29, 1.82) is 0 Å². The Hall–Kier alpha value is -3.62. The van der Waals surface area contributed by atoms with Crippen molar-refractivity contribution in [2.45, 2.75) is 0 Å². The highest BCUT2D eigenvalue weighted by Crippen LogP contribution is 2.24. The van der Waals surface area contributed by atoms with E-state index < -0.39 is 5.82 Å². The van der Waals surface area contributed by atoms with Crippen LogP contribution in [0.25, 0.3) is 17.2 Å². The molecule has 0 aliphatic rings. The van der Waals surface area contributed by atoms with Gasteiger partial charge < -0.3 is 4.74 Å². The van der Waals surface area contributed by atoms with Crippen LogP contribution in [0.5, 0.6) is 11.5 Å². The van der Waals surface area contributed by atoms with E-state index in [1.165, 1.54) is 23.1 Å². The zero-order valence-corrected chi connectivity index (χ0v) is 13.1. The summed E-state index contributed by atoms with van der Waals surface area (Å²) in [4.78, 5) is 5.18. The second kappa shape index (κ2) is 6.11. The maximum absolute atomic E-state index is 13.9. The number of pyridine rings is 1. The second-order valence-corrected chi connectivity index (χ2v) is 5.21. The van der Waals surface area contributed by atoms with Gasteiger partial charge in [-0.3, -0.25) is 9.67 Å². The molecule has 0 saturated carbocycles. The molecule has 1 aromatic carbocycles. The van der Waals surface area contributed by atoms with E-state index in [9.17, 15) is 4.39 Å². The Morgan fingerprint density at radius 2 is 2.00 bits per heavy atom. The Kier molecular flexibility index (Phi) is 3.65. The van der Waals surface area contributed by atoms with Crippen molar-refractivity contribution in [3.05, 3.63) is 60.8 Å². The normalized spacial score (nSPS) is 10.8. The van der Waals surface area contributed by atoms with Gasteiger partial charge >= 0.3 is 0 Å². The van der Waals surface area contributed by atoms with Crippen LogP contribution in [0, 0.1) is 5.82 Å². The summed E-state index contributed by atoms with van der Waals surface area (Å²) < 4.78 is 21.2. The fourth-order valence-electron chi connectivity index (χ4n) is 2.23. The minimum absolute atomic E-state index is 0.305. The molecule has 9 heteroatoms. The highest BCUT2D eigenvalue weighted by atomic mass is 19.1. The molecular weight excluding hydrogens is 325 g/mol. The highest BCUT2D eigenvalue weighted by molar-refractivity contribution is 5.47. The lowest BCUT2D eigenvalue weighted by molar-refractivity contribution is 0.473. The number of nitrogens with zero attached hydrogens (tertiary/aromatic N) is 7. The van der Waals surface area contributed by atoms with Gasteiger partial charge in [0.25, 0.3) is 0 Å². The molecule has 124 valence electrons. The number of aryl methyl sites for hydroxylation is 1. The lowest BCUT2D eigenvalue weighted by Crippen LogP contribution is -2.00. The molecule has 0 bridgehead atoms. The van der Waals surface area contributed by atoms with Gasteiger partial charge in [-0.15, -0.1) is 15.0 Å². The summed E-state index contributed by atoms with van der Waals surface area (Å²) in [6, 6.07) is 9.40. The van der Waals surface area contributed by atoms with Crippen LogP contribution in [0.3, 0.4) is 0 Å². The first kappa shape index (κ1) is 14.9. The third-order valence-electron chi connectivity index (χ3n) is 3.31. The lowest BCUT2D eigenvalue weighted by Gasteiger charge is -2.07. The summed E-state index contributed by atoms with van der Waals surface area (Å²) in [7, 11) is 1.79. The number of aromatic nitrogens is 7. The van der Waals surface area contributed by atoms with Gasteiger partial charge in [-0.2, -0.15) is 5.10 Å². The van der Waals surface area contributed by atoms with Gasteiger partial charge in [0.05, 0.1) is 11.9 Å². The predicted octanol–water partition coefficient (Wildman–Crippen LogP) is 2.39. The van der Waals surface area contributed by atoms with E-state index >= 15 is 0 Å². The molecule has 0 radical (unpaired) electrons. The summed E-state index contributed by atoms with van der Waals surface area (Å²) in [5.41, 5.74) is 0.963. The molecule has 0 amide bonds. The Morgan fingerprint density at radius 3 is 2.76 bits per heavy atom. The molecule has 25 heavy (non-hydrogen) atoms. The van der Waals surface area contributed by atoms with Gasteiger partial charge in [-0.1, -0.05) is 0 Å². The second-order valence-electron chi connectivity index (χ2n) is 5.21. The molecule has 0 fully saturated rings. The van der Waals surface area contributed by atoms with Crippen molar-refractivity contribution in [2.75, 3.05) is 0 Å². The molecule has 4 aromatic rings. The SMILES string of the molecule is Cn1ccc(-c2nnn(-c3cc(F)cc(Oc4cccnc4)c3)n2)n1. The van der Waals surface area contributed by atoms with Crippen molar-refractivity contribution in [1.82, 2.24) is 35.0 Å². The van der Waals surface area contributed by atoms with Crippen molar-refractivity contribution in [3.8, 4) is 28.7 Å². The van der Waals surface area contributed by atoms with Crippen molar-refractivity contribution in [2.24, 2.45) is 7.05 Å². The minimum atomic E-state index is -0.479. The Bertz CT molecular complexity index is 1010. The van der Waals surface area contributed by atoms with Crippen LogP contribution in [0.15, 0.2) is 55.0 Å². The zero-order chi connectivity index (χ0) is 17.2. The molecule has 0 atom stereocenters. The molecule has 0 spiro atoms. The Balaban J connectivity index is 1.65. The topological polar surface area (TPSA) is 83.5 Å². The first-order valence-electron chi connectivity index (χ1n) is 7.36. The Morgan fingerprint density at radius 1 is 1.08 bits per heavy atom. The first-order valence-corrected chi connectivity index (χ1v) is 7.36. The van der Waals surface area contributed by atoms with E-state index in [4.69, 9.17) is 4.74 Å². The maximum Gasteiger partial charge on any atom is 0.225 e. The molecule has 3 aromatic heterocycles. The summed E-state index contributed by atoms with van der Waals surface area (Å²) in [5.74, 6) is 0.673. The zero-order valence-electron chi connectivity index (χ0n) is 13.1. The van der Waals surface area contributed by atoms with E-state index in [-0.39, 0.29) is 0 Å². The van der Waals surface area contributed by atoms with Crippen molar-refractivity contribution in [3.63, 3.8) is 0 Å². The molecule has 0 unspecified atom stereocenters. The van der Waals surface area contributed by atoms with Crippen molar-refractivity contribution >= 4 is 0 Å². The van der Waals surface area contributed by atoms with Gasteiger partial charge in [0.15, 0.2) is 0 Å². The lowest BCUT2D eigenvalue weighted by atomic mass is 10.3. The number of ether oxygens (including phenoxy) is 1. The number of benzene rings is 1. The van der Waals surface area contributed by atoms with E-state index in [2.05, 4.69) is 25.5 Å². The minimum Gasteiger partial charge on any atom is -0.456 e. The summed E-state index contributed by atoms with van der Waals surface area (Å²) in [6.45, 7) is 0. The molecule has 4 rings (SSSR count).